The van der Waals surface area contributed by atoms with Crippen LogP contribution in [0.4, 0.5) is 0 Å². The minimum absolute atomic E-state index is 0.0148. The van der Waals surface area contributed by atoms with Crippen LogP contribution in [0.15, 0.2) is 44.6 Å². The highest BCUT2D eigenvalue weighted by atomic mass is 16.5. The molecule has 0 aliphatic carbocycles. The topological polar surface area (TPSA) is 116 Å². The summed E-state index contributed by atoms with van der Waals surface area (Å²) in [5, 5.41) is 33.5. The number of hydrogen-bond donors (Lipinski definition) is 3. The van der Waals surface area contributed by atoms with Gasteiger partial charge in [-0.25, -0.2) is 0 Å². The number of aliphatic hydroxyl groups is 2. The van der Waals surface area contributed by atoms with Crippen molar-refractivity contribution in [2.45, 2.75) is 87.4 Å². The molecule has 0 amide bonds. The van der Waals surface area contributed by atoms with Crippen LogP contribution in [0.2, 0.25) is 0 Å². The molecule has 3 rings (SSSR count). The zero-order valence-electron chi connectivity index (χ0n) is 29.9. The number of benzene rings is 2. The van der Waals surface area contributed by atoms with E-state index in [1.165, 1.54) is 0 Å². The van der Waals surface area contributed by atoms with E-state index in [1.54, 1.807) is 12.1 Å². The third-order valence-corrected chi connectivity index (χ3v) is 8.65. The second-order valence-corrected chi connectivity index (χ2v) is 12.7. The van der Waals surface area contributed by atoms with Crippen LogP contribution in [0.25, 0.3) is 21.9 Å². The minimum Gasteiger partial charge on any atom is -0.507 e. The number of phenolic OH excluding ortho intramolecular Hbond substituents is 1. The van der Waals surface area contributed by atoms with Gasteiger partial charge in [0, 0.05) is 30.8 Å². The first-order valence-electron chi connectivity index (χ1n) is 17.0. The molecule has 0 radical (unpaired) electrons. The van der Waals surface area contributed by atoms with Gasteiger partial charge in [0.15, 0.2) is 0 Å². The summed E-state index contributed by atoms with van der Waals surface area (Å²) in [5.41, 5.74) is 4.31. The number of rotatable bonds is 18. The first kappa shape index (κ1) is 38.1. The van der Waals surface area contributed by atoms with Crippen molar-refractivity contribution in [3.05, 3.63) is 62.3 Å². The second-order valence-electron chi connectivity index (χ2n) is 12.7. The number of aliphatic hydroxyl groups excluding tert-OH is 2. The standard InChI is InChI=1S/C38H56N2O7/c1-10-39(11-2)20-27(41)22-45-31-18-33-35(29(26(31)9)16-14-24(5)6)38(44)36-34(47-33)19-32(30(37(36)43)17-15-25(7)8)46-23-28(42)21-40(12-3)13-4/h14-15,18-19,27-28,41-43H,10-13,16-17,20-23H2,1-9H3. The molecule has 0 fully saturated rings. The van der Waals surface area contributed by atoms with Gasteiger partial charge in [-0.15, -0.1) is 0 Å². The van der Waals surface area contributed by atoms with Gasteiger partial charge in [-0.1, -0.05) is 51.0 Å². The van der Waals surface area contributed by atoms with Crippen molar-refractivity contribution < 1.29 is 29.2 Å². The Labute approximate surface area is 280 Å². The second kappa shape index (κ2) is 17.7. The van der Waals surface area contributed by atoms with E-state index < -0.39 is 12.2 Å². The molecular weight excluding hydrogens is 596 g/mol. The highest BCUT2D eigenvalue weighted by Gasteiger charge is 2.24. The van der Waals surface area contributed by atoms with Crippen molar-refractivity contribution in [1.82, 2.24) is 9.80 Å². The van der Waals surface area contributed by atoms with Crippen LogP contribution in [0.1, 0.15) is 72.1 Å². The summed E-state index contributed by atoms with van der Waals surface area (Å²) in [6.45, 7) is 22.4. The lowest BCUT2D eigenvalue weighted by Gasteiger charge is -2.23. The van der Waals surface area contributed by atoms with Crippen LogP contribution in [-0.2, 0) is 12.8 Å². The van der Waals surface area contributed by atoms with E-state index in [4.69, 9.17) is 13.9 Å². The lowest BCUT2D eigenvalue weighted by atomic mass is 9.96. The molecule has 47 heavy (non-hydrogen) atoms. The van der Waals surface area contributed by atoms with Crippen LogP contribution >= 0.6 is 0 Å². The van der Waals surface area contributed by atoms with E-state index in [0.29, 0.717) is 54.0 Å². The van der Waals surface area contributed by atoms with Gasteiger partial charge in [0.25, 0.3) is 0 Å². The molecule has 0 aliphatic rings. The molecule has 0 saturated heterocycles. The van der Waals surface area contributed by atoms with Gasteiger partial charge < -0.3 is 39.0 Å². The third-order valence-electron chi connectivity index (χ3n) is 8.65. The SMILES string of the molecule is CCN(CC)CC(O)COc1cc2oc3cc(OCC(O)CN(CC)CC)c(CC=C(C)C)c(O)c3c(=O)c2c(CC=C(C)C)c1C. The molecular formula is C38H56N2O7. The summed E-state index contributed by atoms with van der Waals surface area (Å²) in [6.07, 6.45) is 3.39. The lowest BCUT2D eigenvalue weighted by molar-refractivity contribution is 0.0712. The van der Waals surface area contributed by atoms with Crippen LogP contribution in [0.5, 0.6) is 17.2 Å². The Morgan fingerprint density at radius 3 is 1.70 bits per heavy atom. The van der Waals surface area contributed by atoms with Gasteiger partial charge in [0.1, 0.15) is 59.2 Å². The molecule has 0 aliphatic heterocycles. The molecule has 2 unspecified atom stereocenters. The molecule has 2 aromatic carbocycles. The zero-order valence-corrected chi connectivity index (χ0v) is 29.9. The Morgan fingerprint density at radius 2 is 1.21 bits per heavy atom. The van der Waals surface area contributed by atoms with Crippen molar-refractivity contribution in [1.29, 1.82) is 0 Å². The molecule has 9 nitrogen and oxygen atoms in total. The summed E-state index contributed by atoms with van der Waals surface area (Å²) in [5.74, 6) is 0.687. The summed E-state index contributed by atoms with van der Waals surface area (Å²) >= 11 is 0. The third kappa shape index (κ3) is 9.83. The van der Waals surface area contributed by atoms with E-state index in [2.05, 4.69) is 23.6 Å². The van der Waals surface area contributed by atoms with Gasteiger partial charge >= 0.3 is 0 Å². The fourth-order valence-corrected chi connectivity index (χ4v) is 5.70. The zero-order chi connectivity index (χ0) is 34.8. The quantitative estimate of drug-likeness (QED) is 0.110. The molecule has 1 heterocycles. The highest BCUT2D eigenvalue weighted by Crippen LogP contribution is 2.39. The minimum atomic E-state index is -0.745. The molecule has 2 atom stereocenters. The first-order valence-corrected chi connectivity index (χ1v) is 17.0. The Morgan fingerprint density at radius 1 is 0.766 bits per heavy atom. The normalized spacial score (nSPS) is 13.0. The Bertz CT molecular complexity index is 1610. The number of likely N-dealkylation sites (N-methyl/N-ethyl adjacent to an activating group) is 2. The molecule has 260 valence electrons. The van der Waals surface area contributed by atoms with Crippen LogP contribution in [-0.4, -0.2) is 89.8 Å². The lowest BCUT2D eigenvalue weighted by Crippen LogP contribution is -2.35. The van der Waals surface area contributed by atoms with E-state index in [1.807, 2.05) is 60.6 Å². The van der Waals surface area contributed by atoms with Gasteiger partial charge in [-0.2, -0.15) is 0 Å². The van der Waals surface area contributed by atoms with Crippen LogP contribution in [0, 0.1) is 6.92 Å². The molecule has 3 N–H and O–H groups in total. The van der Waals surface area contributed by atoms with Gasteiger partial charge in [-0.3, -0.25) is 4.79 Å². The molecule has 0 saturated carbocycles. The summed E-state index contributed by atoms with van der Waals surface area (Å²) in [7, 11) is 0. The Hall–Kier alpha value is -3.37. The maximum absolute atomic E-state index is 14.3. The summed E-state index contributed by atoms with van der Waals surface area (Å²) in [4.78, 5) is 18.6. The molecule has 3 aromatic rings. The average molecular weight is 653 g/mol. The van der Waals surface area contributed by atoms with Crippen molar-refractivity contribution >= 4 is 21.9 Å². The van der Waals surface area contributed by atoms with Crippen LogP contribution < -0.4 is 14.9 Å². The van der Waals surface area contributed by atoms with E-state index in [-0.39, 0.29) is 35.4 Å². The Kier molecular flexibility index (Phi) is 14.3. The number of allylic oxidation sites excluding steroid dienone is 4. The summed E-state index contributed by atoms with van der Waals surface area (Å²) < 4.78 is 18.7. The van der Waals surface area contributed by atoms with Crippen molar-refractivity contribution in [2.75, 3.05) is 52.5 Å². The molecule has 0 spiro atoms. The number of fused-ring (bicyclic) bond motifs is 2. The number of nitrogens with zero attached hydrogens (tertiary/aromatic N) is 2. The van der Waals surface area contributed by atoms with E-state index in [9.17, 15) is 20.1 Å². The number of ether oxygens (including phenoxy) is 2. The van der Waals surface area contributed by atoms with Gasteiger partial charge in [0.2, 0.25) is 5.43 Å². The first-order chi connectivity index (χ1) is 22.3. The van der Waals surface area contributed by atoms with Crippen molar-refractivity contribution in [2.24, 2.45) is 0 Å². The Balaban J connectivity index is 2.19. The fourth-order valence-electron chi connectivity index (χ4n) is 5.70. The molecule has 0 bridgehead atoms. The number of phenols is 1. The fraction of sp³-hybridized carbons (Fsp3) is 0.553. The number of aromatic hydroxyl groups is 1. The van der Waals surface area contributed by atoms with Gasteiger partial charge in [0.05, 0.1) is 5.39 Å². The maximum Gasteiger partial charge on any atom is 0.204 e. The molecule has 1 aromatic heterocycles. The average Bonchev–Trinajstić information content (AvgIpc) is 3.03. The maximum atomic E-state index is 14.3. The van der Waals surface area contributed by atoms with E-state index in [0.717, 1.165) is 48.5 Å². The van der Waals surface area contributed by atoms with Crippen LogP contribution in [0.3, 0.4) is 0 Å². The smallest absolute Gasteiger partial charge is 0.204 e. The van der Waals surface area contributed by atoms with Crippen molar-refractivity contribution in [3.63, 3.8) is 0 Å². The predicted octanol–water partition coefficient (Wildman–Crippen LogP) is 6.14. The predicted molar refractivity (Wildman–Crippen MR) is 191 cm³/mol. The summed E-state index contributed by atoms with van der Waals surface area (Å²) in [6, 6.07) is 3.34. The van der Waals surface area contributed by atoms with Crippen molar-refractivity contribution in [3.8, 4) is 17.2 Å². The van der Waals surface area contributed by atoms with Gasteiger partial charge in [-0.05, 0) is 84.8 Å². The highest BCUT2D eigenvalue weighted by molar-refractivity contribution is 5.97. The monoisotopic (exact) mass is 652 g/mol. The molecule has 9 heteroatoms. The van der Waals surface area contributed by atoms with E-state index >= 15 is 0 Å². The number of hydrogen-bond acceptors (Lipinski definition) is 9. The largest absolute Gasteiger partial charge is 0.507 e.